The summed E-state index contributed by atoms with van der Waals surface area (Å²) in [5.74, 6) is -0.455. The summed E-state index contributed by atoms with van der Waals surface area (Å²) in [7, 11) is 0. The van der Waals surface area contributed by atoms with Crippen molar-refractivity contribution in [1.82, 2.24) is 9.55 Å². The van der Waals surface area contributed by atoms with Gasteiger partial charge in [-0.15, -0.1) is 0 Å². The van der Waals surface area contributed by atoms with Crippen LogP contribution in [0, 0.1) is 11.3 Å². The molecule has 0 radical (unpaired) electrons. The predicted octanol–water partition coefficient (Wildman–Crippen LogP) is 2.76. The van der Waals surface area contributed by atoms with Gasteiger partial charge in [-0.05, 0) is 12.0 Å². The molecular weight excluding hydrogens is 274 g/mol. The lowest BCUT2D eigenvalue weighted by molar-refractivity contribution is -0.143. The number of benzene rings is 1. The van der Waals surface area contributed by atoms with Gasteiger partial charge < -0.3 is 9.67 Å². The van der Waals surface area contributed by atoms with Crippen molar-refractivity contribution in [2.75, 3.05) is 13.3 Å². The van der Waals surface area contributed by atoms with Crippen LogP contribution in [0.1, 0.15) is 18.0 Å². The molecule has 3 nitrogen and oxygen atoms in total. The molecule has 1 aromatic heterocycles. The molecule has 4 rings (SSSR count). The van der Waals surface area contributed by atoms with Crippen molar-refractivity contribution in [3.8, 4) is 11.3 Å². The Morgan fingerprint density at radius 3 is 2.76 bits per heavy atom. The first-order valence-corrected chi connectivity index (χ1v) is 7.13. The van der Waals surface area contributed by atoms with Gasteiger partial charge in [0, 0.05) is 16.9 Å². The standard InChI is InChI=1S/C16H16F2N2O/c17-7-16(8-18)5-13(21)14(16)15-11-4-2-1-3-10(11)12-6-19-9-20(12)15/h1-4,6,9,13-15,21H,5,7-8H2/t13-,14-,15?/m1/s1. The van der Waals surface area contributed by atoms with E-state index in [-0.39, 0.29) is 12.5 Å². The Morgan fingerprint density at radius 2 is 2.05 bits per heavy atom. The van der Waals surface area contributed by atoms with Gasteiger partial charge >= 0.3 is 0 Å². The predicted molar refractivity (Wildman–Crippen MR) is 74.3 cm³/mol. The van der Waals surface area contributed by atoms with Gasteiger partial charge in [-0.1, -0.05) is 24.3 Å². The fraction of sp³-hybridized carbons (Fsp3) is 0.438. The van der Waals surface area contributed by atoms with Gasteiger partial charge in [0.1, 0.15) is 0 Å². The topological polar surface area (TPSA) is 38.1 Å². The number of aromatic nitrogens is 2. The molecule has 1 aliphatic carbocycles. The van der Waals surface area contributed by atoms with Gasteiger partial charge in [0.2, 0.25) is 0 Å². The summed E-state index contributed by atoms with van der Waals surface area (Å²) in [6.07, 6.45) is 2.96. The maximum absolute atomic E-state index is 13.5. The summed E-state index contributed by atoms with van der Waals surface area (Å²) in [4.78, 5) is 4.15. The molecule has 2 aliphatic rings. The molecule has 1 unspecified atom stereocenters. The molecular formula is C16H16F2N2O. The molecule has 1 N–H and O–H groups in total. The number of alkyl halides is 2. The van der Waals surface area contributed by atoms with Crippen LogP contribution in [0.25, 0.3) is 11.3 Å². The molecule has 2 aromatic rings. The van der Waals surface area contributed by atoms with Gasteiger partial charge in [0.15, 0.2) is 0 Å². The maximum Gasteiger partial charge on any atom is 0.0981 e. The minimum Gasteiger partial charge on any atom is -0.393 e. The highest BCUT2D eigenvalue weighted by Crippen LogP contribution is 2.57. The quantitative estimate of drug-likeness (QED) is 0.944. The van der Waals surface area contributed by atoms with E-state index >= 15 is 0 Å². The molecule has 0 amide bonds. The van der Waals surface area contributed by atoms with Crippen LogP contribution in [0.3, 0.4) is 0 Å². The summed E-state index contributed by atoms with van der Waals surface area (Å²) in [5, 5.41) is 10.2. The molecule has 1 fully saturated rings. The minimum atomic E-state index is -1.07. The van der Waals surface area contributed by atoms with E-state index in [0.29, 0.717) is 0 Å². The number of imidazole rings is 1. The molecule has 1 saturated carbocycles. The molecule has 21 heavy (non-hydrogen) atoms. The average molecular weight is 290 g/mol. The second kappa shape index (κ2) is 4.37. The van der Waals surface area contributed by atoms with E-state index in [0.717, 1.165) is 16.8 Å². The highest BCUT2D eigenvalue weighted by atomic mass is 19.1. The van der Waals surface area contributed by atoms with Crippen molar-refractivity contribution in [3.63, 3.8) is 0 Å². The number of fused-ring (bicyclic) bond motifs is 3. The first-order valence-electron chi connectivity index (χ1n) is 7.13. The summed E-state index contributed by atoms with van der Waals surface area (Å²) in [6.45, 7) is -1.48. The van der Waals surface area contributed by atoms with Crippen molar-refractivity contribution >= 4 is 0 Å². The molecule has 0 spiro atoms. The number of hydrogen-bond donors (Lipinski definition) is 1. The number of aliphatic hydroxyl groups excluding tert-OH is 1. The van der Waals surface area contributed by atoms with Gasteiger partial charge in [-0.25, -0.2) is 4.98 Å². The number of aliphatic hydroxyl groups is 1. The van der Waals surface area contributed by atoms with E-state index < -0.39 is 30.8 Å². The van der Waals surface area contributed by atoms with E-state index in [9.17, 15) is 13.9 Å². The number of halogens is 2. The van der Waals surface area contributed by atoms with Crippen LogP contribution < -0.4 is 0 Å². The summed E-state index contributed by atoms with van der Waals surface area (Å²) >= 11 is 0. The molecule has 110 valence electrons. The van der Waals surface area contributed by atoms with Gasteiger partial charge in [-0.2, -0.15) is 0 Å². The van der Waals surface area contributed by atoms with E-state index in [1.807, 2.05) is 28.8 Å². The fourth-order valence-electron chi connectivity index (χ4n) is 4.03. The highest BCUT2D eigenvalue weighted by Gasteiger charge is 2.59. The molecule has 3 atom stereocenters. The molecule has 1 aliphatic heterocycles. The summed E-state index contributed by atoms with van der Waals surface area (Å²) in [6, 6.07) is 7.57. The van der Waals surface area contributed by atoms with Crippen LogP contribution in [-0.4, -0.2) is 34.1 Å². The van der Waals surface area contributed by atoms with Crippen LogP contribution in [-0.2, 0) is 0 Å². The zero-order chi connectivity index (χ0) is 14.6. The first-order chi connectivity index (χ1) is 10.2. The Hall–Kier alpha value is -1.75. The van der Waals surface area contributed by atoms with Crippen LogP contribution in [0.4, 0.5) is 8.78 Å². The van der Waals surface area contributed by atoms with E-state index in [2.05, 4.69) is 4.98 Å². The van der Waals surface area contributed by atoms with Crippen LogP contribution in [0.2, 0.25) is 0 Å². The Bertz CT molecular complexity index is 680. The van der Waals surface area contributed by atoms with E-state index in [4.69, 9.17) is 0 Å². The van der Waals surface area contributed by atoms with Crippen LogP contribution >= 0.6 is 0 Å². The second-order valence-corrected chi connectivity index (χ2v) is 6.15. The van der Waals surface area contributed by atoms with Gasteiger partial charge in [0.25, 0.3) is 0 Å². The average Bonchev–Trinajstić information content (AvgIpc) is 3.08. The number of rotatable bonds is 3. The Morgan fingerprint density at radius 1 is 1.29 bits per heavy atom. The van der Waals surface area contributed by atoms with Crippen molar-refractivity contribution in [1.29, 1.82) is 0 Å². The number of hydrogen-bond acceptors (Lipinski definition) is 2. The van der Waals surface area contributed by atoms with Crippen molar-refractivity contribution in [2.45, 2.75) is 18.6 Å². The van der Waals surface area contributed by atoms with E-state index in [1.54, 1.807) is 12.5 Å². The third kappa shape index (κ3) is 1.52. The summed E-state index contributed by atoms with van der Waals surface area (Å²) < 4.78 is 28.9. The molecule has 1 aromatic carbocycles. The molecule has 2 heterocycles. The zero-order valence-corrected chi connectivity index (χ0v) is 11.4. The first kappa shape index (κ1) is 13.0. The lowest BCUT2D eigenvalue weighted by Crippen LogP contribution is -2.57. The normalized spacial score (nSPS) is 28.8. The highest BCUT2D eigenvalue weighted by molar-refractivity contribution is 5.69. The zero-order valence-electron chi connectivity index (χ0n) is 11.4. The smallest absolute Gasteiger partial charge is 0.0981 e. The lowest BCUT2D eigenvalue weighted by atomic mass is 9.56. The molecule has 0 saturated heterocycles. The lowest BCUT2D eigenvalue weighted by Gasteiger charge is -2.53. The maximum atomic E-state index is 13.5. The third-order valence-electron chi connectivity index (χ3n) is 5.13. The molecule has 5 heteroatoms. The van der Waals surface area contributed by atoms with Crippen LogP contribution in [0.15, 0.2) is 36.8 Å². The van der Waals surface area contributed by atoms with Crippen LogP contribution in [0.5, 0.6) is 0 Å². The number of nitrogens with zero attached hydrogens (tertiary/aromatic N) is 2. The van der Waals surface area contributed by atoms with Gasteiger partial charge in [0.05, 0.1) is 43.7 Å². The Kier molecular flexibility index (Phi) is 2.70. The monoisotopic (exact) mass is 290 g/mol. The second-order valence-electron chi connectivity index (χ2n) is 6.15. The van der Waals surface area contributed by atoms with Crippen molar-refractivity contribution < 1.29 is 13.9 Å². The largest absolute Gasteiger partial charge is 0.393 e. The van der Waals surface area contributed by atoms with E-state index in [1.165, 1.54) is 0 Å². The Balaban J connectivity index is 1.86. The Labute approximate surface area is 121 Å². The van der Waals surface area contributed by atoms with Gasteiger partial charge in [-0.3, -0.25) is 8.78 Å². The minimum absolute atomic E-state index is 0.188. The third-order valence-corrected chi connectivity index (χ3v) is 5.13. The van der Waals surface area contributed by atoms with Crippen molar-refractivity contribution in [3.05, 3.63) is 42.4 Å². The summed E-state index contributed by atoms with van der Waals surface area (Å²) in [5.41, 5.74) is 1.93. The van der Waals surface area contributed by atoms with Crippen molar-refractivity contribution in [2.24, 2.45) is 11.3 Å². The SMILES string of the molecule is O[C@@H]1CC(CF)(CF)[C@H]1C1c2ccccc2-c2cncn21. The molecule has 0 bridgehead atoms. The fourth-order valence-corrected chi connectivity index (χ4v) is 4.03.